The van der Waals surface area contributed by atoms with Crippen LogP contribution in [0.15, 0.2) is 48.5 Å². The van der Waals surface area contributed by atoms with Gasteiger partial charge in [0.15, 0.2) is 0 Å². The summed E-state index contributed by atoms with van der Waals surface area (Å²) in [6, 6.07) is 16.1. The van der Waals surface area contributed by atoms with Gasteiger partial charge in [-0.3, -0.25) is 0 Å². The lowest BCUT2D eigenvalue weighted by Gasteiger charge is -2.04. The van der Waals surface area contributed by atoms with Gasteiger partial charge in [-0.15, -0.1) is 11.3 Å². The minimum atomic E-state index is 0.765. The van der Waals surface area contributed by atoms with Crippen LogP contribution in [0.1, 0.15) is 10.4 Å². The fraction of sp³-hybridized carbons (Fsp3) is 0.125. The zero-order valence-corrected chi connectivity index (χ0v) is 13.0. The van der Waals surface area contributed by atoms with Crippen LogP contribution in [0, 0.1) is 0 Å². The van der Waals surface area contributed by atoms with Crippen molar-refractivity contribution in [2.75, 3.05) is 0 Å². The molecule has 102 valence electrons. The average Bonchev–Trinajstić information content (AvgIpc) is 2.78. The third kappa shape index (κ3) is 2.99. The molecular weight excluding hydrogens is 309 g/mol. The Balaban J connectivity index is 1.68. The standard InChI is InChI=1S/C16H13Cl2NS/c17-12-7-5-11(6-8-12)9-19-10-15-16(18)13-3-1-2-4-14(13)20-15/h1-8,19H,9-10H2. The van der Waals surface area contributed by atoms with Gasteiger partial charge in [0.25, 0.3) is 0 Å². The summed E-state index contributed by atoms with van der Waals surface area (Å²) in [6.07, 6.45) is 0. The van der Waals surface area contributed by atoms with Gasteiger partial charge in [-0.05, 0) is 23.8 Å². The Morgan fingerprint density at radius 3 is 2.40 bits per heavy atom. The van der Waals surface area contributed by atoms with Gasteiger partial charge >= 0.3 is 0 Å². The molecule has 3 aromatic rings. The second-order valence-electron chi connectivity index (χ2n) is 4.57. The maximum absolute atomic E-state index is 6.41. The van der Waals surface area contributed by atoms with E-state index in [1.807, 2.05) is 36.4 Å². The molecule has 0 unspecified atom stereocenters. The van der Waals surface area contributed by atoms with Gasteiger partial charge in [0.1, 0.15) is 0 Å². The van der Waals surface area contributed by atoms with Crippen LogP contribution in [0.2, 0.25) is 10.0 Å². The zero-order valence-electron chi connectivity index (χ0n) is 10.7. The number of nitrogens with one attached hydrogen (secondary N) is 1. The highest BCUT2D eigenvalue weighted by atomic mass is 35.5. The Bertz CT molecular complexity index is 719. The molecule has 0 bridgehead atoms. The van der Waals surface area contributed by atoms with E-state index < -0.39 is 0 Å². The van der Waals surface area contributed by atoms with Crippen LogP contribution in [0.5, 0.6) is 0 Å². The molecule has 3 rings (SSSR count). The molecule has 0 aliphatic rings. The first-order chi connectivity index (χ1) is 9.74. The van der Waals surface area contributed by atoms with Gasteiger partial charge in [0.05, 0.1) is 5.02 Å². The maximum atomic E-state index is 6.41. The number of hydrogen-bond donors (Lipinski definition) is 1. The van der Waals surface area contributed by atoms with Gasteiger partial charge in [-0.25, -0.2) is 0 Å². The summed E-state index contributed by atoms with van der Waals surface area (Å²) in [7, 11) is 0. The normalized spacial score (nSPS) is 11.1. The quantitative estimate of drug-likeness (QED) is 0.669. The number of rotatable bonds is 4. The van der Waals surface area contributed by atoms with Gasteiger partial charge in [0, 0.05) is 33.1 Å². The van der Waals surface area contributed by atoms with Crippen LogP contribution in [0.25, 0.3) is 10.1 Å². The molecule has 2 aromatic carbocycles. The fourth-order valence-corrected chi connectivity index (χ4v) is 3.70. The Labute approximate surface area is 132 Å². The van der Waals surface area contributed by atoms with Gasteiger partial charge < -0.3 is 5.32 Å². The highest BCUT2D eigenvalue weighted by molar-refractivity contribution is 7.19. The molecule has 1 heterocycles. The summed E-state index contributed by atoms with van der Waals surface area (Å²) in [5.41, 5.74) is 1.21. The topological polar surface area (TPSA) is 12.0 Å². The molecule has 1 N–H and O–H groups in total. The van der Waals surface area contributed by atoms with E-state index in [2.05, 4.69) is 17.4 Å². The number of hydrogen-bond acceptors (Lipinski definition) is 2. The third-order valence-electron chi connectivity index (χ3n) is 3.13. The lowest BCUT2D eigenvalue weighted by atomic mass is 10.2. The molecule has 4 heteroatoms. The first-order valence-corrected chi connectivity index (χ1v) is 7.92. The molecule has 0 aliphatic heterocycles. The average molecular weight is 322 g/mol. The van der Waals surface area contributed by atoms with Crippen molar-refractivity contribution in [3.8, 4) is 0 Å². The second-order valence-corrected chi connectivity index (χ2v) is 6.52. The van der Waals surface area contributed by atoms with Crippen molar-refractivity contribution in [1.82, 2.24) is 5.32 Å². The van der Waals surface area contributed by atoms with E-state index in [-0.39, 0.29) is 0 Å². The SMILES string of the molecule is Clc1ccc(CNCc2sc3ccccc3c2Cl)cc1. The Hall–Kier alpha value is -1.06. The second kappa shape index (κ2) is 6.15. The number of benzene rings is 2. The summed E-state index contributed by atoms with van der Waals surface area (Å²) < 4.78 is 1.24. The van der Waals surface area contributed by atoms with E-state index >= 15 is 0 Å². The fourth-order valence-electron chi connectivity index (χ4n) is 2.10. The van der Waals surface area contributed by atoms with E-state index in [1.165, 1.54) is 15.1 Å². The first-order valence-electron chi connectivity index (χ1n) is 6.35. The molecule has 0 saturated heterocycles. The van der Waals surface area contributed by atoms with E-state index in [0.29, 0.717) is 0 Å². The molecule has 0 aliphatic carbocycles. The number of thiophene rings is 1. The van der Waals surface area contributed by atoms with Crippen molar-refractivity contribution in [3.63, 3.8) is 0 Å². The highest BCUT2D eigenvalue weighted by Crippen LogP contribution is 2.34. The summed E-state index contributed by atoms with van der Waals surface area (Å²) >= 11 is 14.0. The molecular formula is C16H13Cl2NS. The Morgan fingerprint density at radius 2 is 1.65 bits per heavy atom. The summed E-state index contributed by atoms with van der Waals surface area (Å²) in [5, 5.41) is 6.20. The van der Waals surface area contributed by atoms with Crippen LogP contribution in [-0.2, 0) is 13.1 Å². The molecule has 0 saturated carbocycles. The van der Waals surface area contributed by atoms with Gasteiger partial charge in [0.2, 0.25) is 0 Å². The zero-order chi connectivity index (χ0) is 13.9. The highest BCUT2D eigenvalue weighted by Gasteiger charge is 2.08. The maximum Gasteiger partial charge on any atom is 0.0636 e. The van der Waals surface area contributed by atoms with Crippen molar-refractivity contribution in [2.24, 2.45) is 0 Å². The van der Waals surface area contributed by atoms with Crippen LogP contribution in [-0.4, -0.2) is 0 Å². The monoisotopic (exact) mass is 321 g/mol. The minimum Gasteiger partial charge on any atom is -0.308 e. The largest absolute Gasteiger partial charge is 0.308 e. The van der Waals surface area contributed by atoms with Crippen LogP contribution < -0.4 is 5.32 Å². The minimum absolute atomic E-state index is 0.765. The first kappa shape index (κ1) is 13.9. The van der Waals surface area contributed by atoms with Crippen LogP contribution in [0.3, 0.4) is 0 Å². The predicted octanol–water partition coefficient (Wildman–Crippen LogP) is 5.50. The third-order valence-corrected chi connectivity index (χ3v) is 5.10. The molecule has 0 spiro atoms. The summed E-state index contributed by atoms with van der Waals surface area (Å²) in [5.74, 6) is 0. The van der Waals surface area contributed by atoms with Gasteiger partial charge in [-0.2, -0.15) is 0 Å². The van der Waals surface area contributed by atoms with Crippen LogP contribution in [0.4, 0.5) is 0 Å². The summed E-state index contributed by atoms with van der Waals surface area (Å²) in [4.78, 5) is 1.18. The van der Waals surface area contributed by atoms with Crippen LogP contribution >= 0.6 is 34.5 Å². The molecule has 20 heavy (non-hydrogen) atoms. The van der Waals surface area contributed by atoms with E-state index in [1.54, 1.807) is 11.3 Å². The number of halogens is 2. The van der Waals surface area contributed by atoms with Crippen molar-refractivity contribution in [2.45, 2.75) is 13.1 Å². The lowest BCUT2D eigenvalue weighted by Crippen LogP contribution is -2.11. The van der Waals surface area contributed by atoms with E-state index in [9.17, 15) is 0 Å². The lowest BCUT2D eigenvalue weighted by molar-refractivity contribution is 0.701. The molecule has 1 aromatic heterocycles. The van der Waals surface area contributed by atoms with E-state index in [0.717, 1.165) is 28.5 Å². The molecule has 0 radical (unpaired) electrons. The van der Waals surface area contributed by atoms with Crippen molar-refractivity contribution < 1.29 is 0 Å². The van der Waals surface area contributed by atoms with Crippen molar-refractivity contribution >= 4 is 44.6 Å². The van der Waals surface area contributed by atoms with Crippen molar-refractivity contribution in [1.29, 1.82) is 0 Å². The Morgan fingerprint density at radius 1 is 0.900 bits per heavy atom. The summed E-state index contributed by atoms with van der Waals surface area (Å²) in [6.45, 7) is 1.59. The smallest absolute Gasteiger partial charge is 0.0636 e. The molecule has 0 amide bonds. The Kier molecular flexibility index (Phi) is 4.27. The molecule has 1 nitrogen and oxygen atoms in total. The predicted molar refractivity (Wildman–Crippen MR) is 88.8 cm³/mol. The van der Waals surface area contributed by atoms with Gasteiger partial charge in [-0.1, -0.05) is 53.5 Å². The van der Waals surface area contributed by atoms with Crippen molar-refractivity contribution in [3.05, 3.63) is 69.0 Å². The molecule has 0 atom stereocenters. The molecule has 0 fully saturated rings. The van der Waals surface area contributed by atoms with E-state index in [4.69, 9.17) is 23.2 Å². The number of fused-ring (bicyclic) bond motifs is 1.